The predicted octanol–water partition coefficient (Wildman–Crippen LogP) is 3.53. The average Bonchev–Trinajstić information content (AvgIpc) is 2.86. The summed E-state index contributed by atoms with van der Waals surface area (Å²) in [6, 6.07) is 12.3. The van der Waals surface area contributed by atoms with E-state index in [-0.39, 0.29) is 0 Å². The van der Waals surface area contributed by atoms with Crippen molar-refractivity contribution in [3.8, 4) is 11.3 Å². The minimum Gasteiger partial charge on any atom is -0.368 e. The first kappa shape index (κ1) is 11.7. The molecule has 0 saturated heterocycles. The molecule has 2 aromatic rings. The molecule has 17 heavy (non-hydrogen) atoms. The molecule has 90 valence electrons. The Hall–Kier alpha value is -1.77. The standard InChI is InChI=1S/C14H19N3/c1-3-11(2)10-15-14-9-13(16-17-14)12-7-5-4-6-8-12/h4-9,11H,3,10H2,1-2H3,(H2,15,16,17). The number of aromatic amines is 1. The van der Waals surface area contributed by atoms with Crippen molar-refractivity contribution in [2.45, 2.75) is 20.3 Å². The van der Waals surface area contributed by atoms with Gasteiger partial charge in [-0.25, -0.2) is 0 Å². The van der Waals surface area contributed by atoms with E-state index in [9.17, 15) is 0 Å². The van der Waals surface area contributed by atoms with Crippen LogP contribution in [-0.4, -0.2) is 16.7 Å². The zero-order chi connectivity index (χ0) is 12.1. The van der Waals surface area contributed by atoms with Crippen LogP contribution in [0.15, 0.2) is 36.4 Å². The second kappa shape index (κ2) is 5.53. The summed E-state index contributed by atoms with van der Waals surface area (Å²) < 4.78 is 0. The fourth-order valence-corrected chi connectivity index (χ4v) is 1.60. The molecule has 0 aliphatic rings. The average molecular weight is 229 g/mol. The lowest BCUT2D eigenvalue weighted by molar-refractivity contribution is 0.592. The Morgan fingerprint density at radius 1 is 1.29 bits per heavy atom. The first-order valence-electron chi connectivity index (χ1n) is 6.14. The molecule has 0 amide bonds. The number of nitrogens with zero attached hydrogens (tertiary/aromatic N) is 1. The summed E-state index contributed by atoms with van der Waals surface area (Å²) in [5.74, 6) is 1.59. The van der Waals surface area contributed by atoms with E-state index in [0.29, 0.717) is 5.92 Å². The summed E-state index contributed by atoms with van der Waals surface area (Å²) in [4.78, 5) is 0. The molecule has 0 spiro atoms. The molecule has 1 aromatic carbocycles. The minimum absolute atomic E-state index is 0.673. The lowest BCUT2D eigenvalue weighted by Gasteiger charge is -2.08. The number of nitrogens with one attached hydrogen (secondary N) is 2. The fraction of sp³-hybridized carbons (Fsp3) is 0.357. The Labute approximate surface area is 102 Å². The molecular formula is C14H19N3. The van der Waals surface area contributed by atoms with Crippen molar-refractivity contribution in [3.63, 3.8) is 0 Å². The summed E-state index contributed by atoms with van der Waals surface area (Å²) in [5.41, 5.74) is 2.22. The lowest BCUT2D eigenvalue weighted by atomic mass is 10.1. The van der Waals surface area contributed by atoms with E-state index in [1.54, 1.807) is 0 Å². The van der Waals surface area contributed by atoms with Crippen LogP contribution in [-0.2, 0) is 0 Å². The van der Waals surface area contributed by atoms with Gasteiger partial charge in [-0.3, -0.25) is 5.10 Å². The molecule has 1 aromatic heterocycles. The third-order valence-corrected chi connectivity index (χ3v) is 2.99. The topological polar surface area (TPSA) is 40.7 Å². The van der Waals surface area contributed by atoms with Crippen molar-refractivity contribution in [1.29, 1.82) is 0 Å². The van der Waals surface area contributed by atoms with E-state index in [1.807, 2.05) is 18.2 Å². The Balaban J connectivity index is 2.01. The van der Waals surface area contributed by atoms with Gasteiger partial charge in [-0.2, -0.15) is 5.10 Å². The van der Waals surface area contributed by atoms with Gasteiger partial charge < -0.3 is 5.32 Å². The summed E-state index contributed by atoms with van der Waals surface area (Å²) in [5, 5.41) is 10.7. The van der Waals surface area contributed by atoms with Crippen LogP contribution in [0.25, 0.3) is 11.3 Å². The van der Waals surface area contributed by atoms with Gasteiger partial charge in [-0.15, -0.1) is 0 Å². The molecule has 2 rings (SSSR count). The number of anilines is 1. The predicted molar refractivity (Wildman–Crippen MR) is 72.0 cm³/mol. The summed E-state index contributed by atoms with van der Waals surface area (Å²) in [7, 11) is 0. The Morgan fingerprint density at radius 2 is 2.06 bits per heavy atom. The monoisotopic (exact) mass is 229 g/mol. The van der Waals surface area contributed by atoms with Gasteiger partial charge in [0.05, 0.1) is 5.69 Å². The number of rotatable bonds is 5. The molecule has 1 atom stereocenters. The maximum Gasteiger partial charge on any atom is 0.148 e. The van der Waals surface area contributed by atoms with Crippen LogP contribution in [0.5, 0.6) is 0 Å². The van der Waals surface area contributed by atoms with Crippen molar-refractivity contribution >= 4 is 5.82 Å². The summed E-state index contributed by atoms with van der Waals surface area (Å²) in [6.07, 6.45) is 1.18. The van der Waals surface area contributed by atoms with E-state index >= 15 is 0 Å². The number of hydrogen-bond acceptors (Lipinski definition) is 2. The number of benzene rings is 1. The molecular weight excluding hydrogens is 210 g/mol. The summed E-state index contributed by atoms with van der Waals surface area (Å²) >= 11 is 0. The molecule has 0 bridgehead atoms. The van der Waals surface area contributed by atoms with Crippen LogP contribution in [0.2, 0.25) is 0 Å². The molecule has 1 unspecified atom stereocenters. The van der Waals surface area contributed by atoms with Crippen LogP contribution in [0.1, 0.15) is 20.3 Å². The smallest absolute Gasteiger partial charge is 0.148 e. The summed E-state index contributed by atoms with van der Waals surface area (Å²) in [6.45, 7) is 5.40. The minimum atomic E-state index is 0.673. The van der Waals surface area contributed by atoms with Gasteiger partial charge in [-0.05, 0) is 11.5 Å². The van der Waals surface area contributed by atoms with Gasteiger partial charge >= 0.3 is 0 Å². The van der Waals surface area contributed by atoms with Gasteiger partial charge in [-0.1, -0.05) is 50.6 Å². The highest BCUT2D eigenvalue weighted by Crippen LogP contribution is 2.19. The number of H-pyrrole nitrogens is 1. The maximum absolute atomic E-state index is 4.26. The zero-order valence-electron chi connectivity index (χ0n) is 10.4. The van der Waals surface area contributed by atoms with Crippen LogP contribution in [0.4, 0.5) is 5.82 Å². The highest BCUT2D eigenvalue weighted by Gasteiger charge is 2.04. The van der Waals surface area contributed by atoms with Crippen molar-refractivity contribution in [1.82, 2.24) is 10.2 Å². The van der Waals surface area contributed by atoms with Gasteiger partial charge in [0.25, 0.3) is 0 Å². The molecule has 3 heteroatoms. The molecule has 0 saturated carbocycles. The molecule has 0 fully saturated rings. The van der Waals surface area contributed by atoms with Crippen LogP contribution in [0.3, 0.4) is 0 Å². The molecule has 2 N–H and O–H groups in total. The van der Waals surface area contributed by atoms with Crippen molar-refractivity contribution in [2.24, 2.45) is 5.92 Å². The Morgan fingerprint density at radius 3 is 2.76 bits per heavy atom. The first-order chi connectivity index (χ1) is 8.29. The van der Waals surface area contributed by atoms with E-state index in [2.05, 4.69) is 47.6 Å². The second-order valence-electron chi connectivity index (χ2n) is 4.43. The van der Waals surface area contributed by atoms with Crippen LogP contribution >= 0.6 is 0 Å². The fourth-order valence-electron chi connectivity index (χ4n) is 1.60. The van der Waals surface area contributed by atoms with Gasteiger partial charge in [0.1, 0.15) is 5.82 Å². The quantitative estimate of drug-likeness (QED) is 0.823. The van der Waals surface area contributed by atoms with Gasteiger partial charge in [0, 0.05) is 12.6 Å². The van der Waals surface area contributed by atoms with Crippen molar-refractivity contribution in [3.05, 3.63) is 36.4 Å². The molecule has 0 radical (unpaired) electrons. The second-order valence-corrected chi connectivity index (χ2v) is 4.43. The van der Waals surface area contributed by atoms with Gasteiger partial charge in [0.2, 0.25) is 0 Å². The van der Waals surface area contributed by atoms with E-state index in [4.69, 9.17) is 0 Å². The molecule has 1 heterocycles. The Bertz CT molecular complexity index is 448. The van der Waals surface area contributed by atoms with Crippen molar-refractivity contribution < 1.29 is 0 Å². The van der Waals surface area contributed by atoms with E-state index in [1.165, 1.54) is 6.42 Å². The Kier molecular flexibility index (Phi) is 3.81. The maximum atomic E-state index is 4.26. The van der Waals surface area contributed by atoms with Gasteiger partial charge in [0.15, 0.2) is 0 Å². The highest BCUT2D eigenvalue weighted by atomic mass is 15.2. The first-order valence-corrected chi connectivity index (χ1v) is 6.14. The SMILES string of the molecule is CCC(C)CNc1cc(-c2ccccc2)[nH]n1. The molecule has 0 aliphatic heterocycles. The lowest BCUT2D eigenvalue weighted by Crippen LogP contribution is -2.10. The van der Waals surface area contributed by atoms with E-state index < -0.39 is 0 Å². The molecule has 0 aliphatic carbocycles. The van der Waals surface area contributed by atoms with Crippen LogP contribution in [0, 0.1) is 5.92 Å². The number of hydrogen-bond donors (Lipinski definition) is 2. The van der Waals surface area contributed by atoms with E-state index in [0.717, 1.165) is 23.6 Å². The molecule has 3 nitrogen and oxygen atoms in total. The third-order valence-electron chi connectivity index (χ3n) is 2.99. The van der Waals surface area contributed by atoms with Crippen LogP contribution < -0.4 is 5.32 Å². The highest BCUT2D eigenvalue weighted by molar-refractivity contribution is 5.62. The number of aromatic nitrogens is 2. The largest absolute Gasteiger partial charge is 0.368 e. The third kappa shape index (κ3) is 3.09. The van der Waals surface area contributed by atoms with Crippen molar-refractivity contribution in [2.75, 3.05) is 11.9 Å². The normalized spacial score (nSPS) is 12.4. The zero-order valence-corrected chi connectivity index (χ0v) is 10.4.